The number of carbonyl (C=O) groups excluding carboxylic acids is 2. The van der Waals surface area contributed by atoms with Crippen LogP contribution in [0, 0.1) is 17.0 Å². The van der Waals surface area contributed by atoms with Gasteiger partial charge < -0.3 is 25.8 Å². The molecular formula is C27H29BrF2N6O2. The number of nitrogens with one attached hydrogen (secondary N) is 3. The first-order valence-electron chi connectivity index (χ1n) is 12.1. The van der Waals surface area contributed by atoms with E-state index in [1.807, 2.05) is 0 Å². The quantitative estimate of drug-likeness (QED) is 0.191. The lowest BCUT2D eigenvalue weighted by molar-refractivity contribution is -0.145. The second-order valence-corrected chi connectivity index (χ2v) is 10.2. The highest BCUT2D eigenvalue weighted by Gasteiger charge is 2.46. The van der Waals surface area contributed by atoms with Crippen molar-refractivity contribution in [2.45, 2.75) is 24.8 Å². The molecule has 0 saturated carbocycles. The lowest BCUT2D eigenvalue weighted by atomic mass is 9.84. The van der Waals surface area contributed by atoms with Crippen LogP contribution in [-0.2, 0) is 16.0 Å². The number of nitrogens with zero attached hydrogens (tertiary/aromatic N) is 2. The van der Waals surface area contributed by atoms with E-state index in [9.17, 15) is 18.4 Å². The topological polar surface area (TPSA) is 118 Å². The van der Waals surface area contributed by atoms with E-state index in [0.29, 0.717) is 31.6 Å². The number of likely N-dealkylation sites (N-methyl/N-ethyl adjacent to an activating group) is 1. The molecule has 0 bridgehead atoms. The van der Waals surface area contributed by atoms with Crippen LogP contribution in [0.5, 0.6) is 0 Å². The maximum Gasteiger partial charge on any atom is 0.247 e. The normalized spacial score (nSPS) is 15.1. The van der Waals surface area contributed by atoms with Crippen LogP contribution in [-0.4, -0.2) is 64.8 Å². The zero-order valence-electron chi connectivity index (χ0n) is 20.9. The molecule has 4 rings (SSSR count). The first-order valence-corrected chi connectivity index (χ1v) is 12.9. The summed E-state index contributed by atoms with van der Waals surface area (Å²) in [4.78, 5) is 33.0. The zero-order valence-corrected chi connectivity index (χ0v) is 22.4. The number of hydrogen-bond donors (Lipinski definition) is 4. The van der Waals surface area contributed by atoms with Crippen molar-refractivity contribution in [2.75, 3.05) is 26.7 Å². The molecule has 38 heavy (non-hydrogen) atoms. The van der Waals surface area contributed by atoms with Crippen molar-refractivity contribution in [3.05, 3.63) is 75.9 Å². The molecule has 0 aliphatic carbocycles. The molecule has 5 N–H and O–H groups in total. The van der Waals surface area contributed by atoms with Gasteiger partial charge >= 0.3 is 0 Å². The third kappa shape index (κ3) is 5.72. The van der Waals surface area contributed by atoms with Crippen LogP contribution in [0.25, 0.3) is 17.0 Å². The minimum atomic E-state index is -1.15. The Kier molecular flexibility index (Phi) is 8.15. The predicted molar refractivity (Wildman–Crippen MR) is 146 cm³/mol. The minimum Gasteiger partial charge on any atom is -0.370 e. The third-order valence-electron chi connectivity index (χ3n) is 7.10. The number of H-pyrrole nitrogens is 1. The molecule has 200 valence electrons. The maximum atomic E-state index is 13.7. The fourth-order valence-corrected chi connectivity index (χ4v) is 5.17. The Balaban J connectivity index is 1.49. The van der Waals surface area contributed by atoms with Gasteiger partial charge in [0, 0.05) is 49.9 Å². The van der Waals surface area contributed by atoms with E-state index in [2.05, 4.69) is 26.2 Å². The van der Waals surface area contributed by atoms with Crippen molar-refractivity contribution in [1.82, 2.24) is 20.1 Å². The Labute approximate surface area is 227 Å². The molecule has 1 aliphatic heterocycles. The summed E-state index contributed by atoms with van der Waals surface area (Å²) in [7, 11) is 1.58. The lowest BCUT2D eigenvalue weighted by Crippen LogP contribution is -2.64. The Morgan fingerprint density at radius 3 is 2.66 bits per heavy atom. The van der Waals surface area contributed by atoms with Crippen molar-refractivity contribution in [3.8, 4) is 0 Å². The monoisotopic (exact) mass is 586 g/mol. The van der Waals surface area contributed by atoms with Crippen molar-refractivity contribution < 1.29 is 18.4 Å². The number of hydrogen-bond acceptors (Lipinski definition) is 3. The molecule has 0 radical (unpaired) electrons. The van der Waals surface area contributed by atoms with Crippen LogP contribution < -0.4 is 11.1 Å². The average Bonchev–Trinajstić information content (AvgIpc) is 3.30. The molecule has 1 aliphatic rings. The van der Waals surface area contributed by atoms with E-state index in [1.54, 1.807) is 42.4 Å². The zero-order chi connectivity index (χ0) is 27.4. The number of likely N-dealkylation sites (tertiary alicyclic amines) is 1. The van der Waals surface area contributed by atoms with Crippen LogP contribution in [0.1, 0.15) is 24.0 Å². The molecule has 0 unspecified atom stereocenters. The van der Waals surface area contributed by atoms with Gasteiger partial charge in [-0.1, -0.05) is 6.07 Å². The van der Waals surface area contributed by atoms with Crippen LogP contribution in [0.3, 0.4) is 0 Å². The number of guanidine groups is 1. The number of aromatic nitrogens is 1. The highest BCUT2D eigenvalue weighted by Crippen LogP contribution is 2.29. The molecule has 0 atom stereocenters. The van der Waals surface area contributed by atoms with Gasteiger partial charge in [-0.3, -0.25) is 15.0 Å². The van der Waals surface area contributed by atoms with Gasteiger partial charge in [-0.2, -0.15) is 0 Å². The molecule has 0 spiro atoms. The molecule has 1 saturated heterocycles. The van der Waals surface area contributed by atoms with Crippen molar-refractivity contribution >= 4 is 50.7 Å². The summed E-state index contributed by atoms with van der Waals surface area (Å²) >= 11 is 3.13. The second kappa shape index (κ2) is 11.3. The standard InChI is InChI=1S/C27H29BrF2N6O2/c1-35(24(37)7-3-17-2-5-22(30)21(28)14-17)27(9-12-36(13-10-27)26(31)32)25(38)33-11-8-18-16-34-23-6-4-19(29)15-20(18)23/h2-7,14-16,34H,8-13H2,1H3,(H3,31,32)(H,33,38)/b7-3+. The molecule has 2 aromatic carbocycles. The summed E-state index contributed by atoms with van der Waals surface area (Å²) in [6.07, 6.45) is 5.76. The average molecular weight is 587 g/mol. The van der Waals surface area contributed by atoms with Crippen molar-refractivity contribution in [3.63, 3.8) is 0 Å². The molecule has 11 heteroatoms. The minimum absolute atomic E-state index is 0.0821. The summed E-state index contributed by atoms with van der Waals surface area (Å²) < 4.78 is 27.6. The summed E-state index contributed by atoms with van der Waals surface area (Å²) in [5.74, 6) is -1.51. The Morgan fingerprint density at radius 2 is 1.97 bits per heavy atom. The number of amides is 2. The van der Waals surface area contributed by atoms with E-state index in [-0.39, 0.29) is 40.9 Å². The molecule has 1 aromatic heterocycles. The Morgan fingerprint density at radius 1 is 1.24 bits per heavy atom. The first kappa shape index (κ1) is 27.3. The Hall–Kier alpha value is -3.73. The van der Waals surface area contributed by atoms with Crippen molar-refractivity contribution in [2.24, 2.45) is 5.73 Å². The number of rotatable bonds is 7. The summed E-state index contributed by atoms with van der Waals surface area (Å²) in [5.41, 5.74) is 6.81. The largest absolute Gasteiger partial charge is 0.370 e. The molecule has 1 fully saturated rings. The number of piperidine rings is 1. The molecule has 2 heterocycles. The highest BCUT2D eigenvalue weighted by molar-refractivity contribution is 9.10. The van der Waals surface area contributed by atoms with Gasteiger partial charge in [0.25, 0.3) is 0 Å². The van der Waals surface area contributed by atoms with Crippen LogP contribution in [0.15, 0.2) is 53.1 Å². The fourth-order valence-electron chi connectivity index (χ4n) is 4.77. The lowest BCUT2D eigenvalue weighted by Gasteiger charge is -2.45. The van der Waals surface area contributed by atoms with Gasteiger partial charge in [0.05, 0.1) is 4.47 Å². The summed E-state index contributed by atoms with van der Waals surface area (Å²) in [6, 6.07) is 8.92. The third-order valence-corrected chi connectivity index (χ3v) is 7.71. The maximum absolute atomic E-state index is 13.7. The van der Waals surface area contributed by atoms with Gasteiger partial charge in [0.2, 0.25) is 11.8 Å². The first-order chi connectivity index (χ1) is 18.1. The van der Waals surface area contributed by atoms with Gasteiger partial charge in [0.1, 0.15) is 17.2 Å². The summed E-state index contributed by atoms with van der Waals surface area (Å²) in [6.45, 7) is 0.982. The molecule has 8 nitrogen and oxygen atoms in total. The van der Waals surface area contributed by atoms with E-state index in [4.69, 9.17) is 11.1 Å². The molecule has 3 aromatic rings. The SMILES string of the molecule is CN(C(=O)/C=C/c1ccc(F)c(Br)c1)C1(C(=O)NCCc2c[nH]c3ccc(F)cc23)CCN(C(=N)N)CC1. The van der Waals surface area contributed by atoms with Gasteiger partial charge in [-0.05, 0) is 82.7 Å². The highest BCUT2D eigenvalue weighted by atomic mass is 79.9. The second-order valence-electron chi connectivity index (χ2n) is 9.32. The van der Waals surface area contributed by atoms with E-state index in [1.165, 1.54) is 29.2 Å². The number of fused-ring (bicyclic) bond motifs is 1. The predicted octanol–water partition coefficient (Wildman–Crippen LogP) is 3.77. The van der Waals surface area contributed by atoms with Crippen LogP contribution >= 0.6 is 15.9 Å². The number of carbonyl (C=O) groups is 2. The Bertz CT molecular complexity index is 1400. The van der Waals surface area contributed by atoms with Crippen LogP contribution in [0.4, 0.5) is 8.78 Å². The number of benzene rings is 2. The number of halogens is 3. The van der Waals surface area contributed by atoms with E-state index in [0.717, 1.165) is 16.5 Å². The molecule has 2 amide bonds. The van der Waals surface area contributed by atoms with Crippen molar-refractivity contribution in [1.29, 1.82) is 5.41 Å². The summed E-state index contributed by atoms with van der Waals surface area (Å²) in [5, 5.41) is 11.5. The van der Waals surface area contributed by atoms with Crippen LogP contribution in [0.2, 0.25) is 0 Å². The van der Waals surface area contributed by atoms with Gasteiger partial charge in [-0.25, -0.2) is 8.78 Å². The molecular weight excluding hydrogens is 558 g/mol. The smallest absolute Gasteiger partial charge is 0.247 e. The fraction of sp³-hybridized carbons (Fsp3) is 0.296. The van der Waals surface area contributed by atoms with Gasteiger partial charge in [-0.15, -0.1) is 0 Å². The number of nitrogens with two attached hydrogens (primary N) is 1. The van der Waals surface area contributed by atoms with E-state index < -0.39 is 11.4 Å². The van der Waals surface area contributed by atoms with E-state index >= 15 is 0 Å². The number of aromatic amines is 1. The van der Waals surface area contributed by atoms with Gasteiger partial charge in [0.15, 0.2) is 5.96 Å².